The SMILES string of the molecule is Clc1ccc(-c2csc3ncnc(N4CCN(c5cccc(Cl)c5)CC4)c23)cc1. The van der Waals surface area contributed by atoms with E-state index in [2.05, 4.69) is 43.3 Å². The topological polar surface area (TPSA) is 32.3 Å². The zero-order chi connectivity index (χ0) is 19.8. The molecule has 1 aliphatic rings. The van der Waals surface area contributed by atoms with Crippen molar-refractivity contribution in [3.05, 3.63) is 70.3 Å². The minimum Gasteiger partial charge on any atom is -0.368 e. The summed E-state index contributed by atoms with van der Waals surface area (Å²) < 4.78 is 0. The van der Waals surface area contributed by atoms with Crippen molar-refractivity contribution in [2.45, 2.75) is 0 Å². The highest BCUT2D eigenvalue weighted by atomic mass is 35.5. The molecule has 3 heterocycles. The summed E-state index contributed by atoms with van der Waals surface area (Å²) in [5.74, 6) is 1.01. The monoisotopic (exact) mass is 440 g/mol. The van der Waals surface area contributed by atoms with E-state index in [0.29, 0.717) is 0 Å². The van der Waals surface area contributed by atoms with Gasteiger partial charge in [0.05, 0.1) is 5.39 Å². The summed E-state index contributed by atoms with van der Waals surface area (Å²) in [6, 6.07) is 16.0. The van der Waals surface area contributed by atoms with Gasteiger partial charge in [0.25, 0.3) is 0 Å². The number of piperazine rings is 1. The van der Waals surface area contributed by atoms with Gasteiger partial charge < -0.3 is 9.80 Å². The maximum absolute atomic E-state index is 6.17. The van der Waals surface area contributed by atoms with Gasteiger partial charge in [0.15, 0.2) is 0 Å². The minimum absolute atomic E-state index is 0.738. The highest BCUT2D eigenvalue weighted by Gasteiger charge is 2.22. The molecule has 0 spiro atoms. The van der Waals surface area contributed by atoms with Crippen LogP contribution in [-0.4, -0.2) is 36.1 Å². The van der Waals surface area contributed by atoms with Crippen LogP contribution in [0.4, 0.5) is 11.5 Å². The van der Waals surface area contributed by atoms with Crippen molar-refractivity contribution in [1.82, 2.24) is 9.97 Å². The van der Waals surface area contributed by atoms with Crippen molar-refractivity contribution in [3.63, 3.8) is 0 Å². The average molecular weight is 441 g/mol. The summed E-state index contributed by atoms with van der Waals surface area (Å²) in [5.41, 5.74) is 3.46. The lowest BCUT2D eigenvalue weighted by Gasteiger charge is -2.37. The predicted molar refractivity (Wildman–Crippen MR) is 124 cm³/mol. The van der Waals surface area contributed by atoms with Crippen molar-refractivity contribution in [2.24, 2.45) is 0 Å². The molecule has 2 aromatic heterocycles. The molecular weight excluding hydrogens is 423 g/mol. The molecule has 0 unspecified atom stereocenters. The number of benzene rings is 2. The summed E-state index contributed by atoms with van der Waals surface area (Å²) in [4.78, 5) is 14.9. The fraction of sp³-hybridized carbons (Fsp3) is 0.182. The lowest BCUT2D eigenvalue weighted by atomic mass is 10.1. The molecule has 4 aromatic rings. The fourth-order valence-electron chi connectivity index (χ4n) is 3.79. The molecular formula is C22H18Cl2N4S. The fourth-order valence-corrected chi connectivity index (χ4v) is 5.01. The molecule has 146 valence electrons. The van der Waals surface area contributed by atoms with Gasteiger partial charge in [-0.15, -0.1) is 11.3 Å². The van der Waals surface area contributed by atoms with Crippen LogP contribution in [0.3, 0.4) is 0 Å². The summed E-state index contributed by atoms with van der Waals surface area (Å²) >= 11 is 13.9. The molecule has 0 bridgehead atoms. The number of nitrogens with zero attached hydrogens (tertiary/aromatic N) is 4. The van der Waals surface area contributed by atoms with Gasteiger partial charge in [-0.3, -0.25) is 0 Å². The number of aromatic nitrogens is 2. The van der Waals surface area contributed by atoms with Gasteiger partial charge in [0, 0.05) is 52.9 Å². The van der Waals surface area contributed by atoms with Crippen LogP contribution in [0.2, 0.25) is 10.0 Å². The number of thiophene rings is 1. The minimum atomic E-state index is 0.738. The average Bonchev–Trinajstić information content (AvgIpc) is 3.19. The van der Waals surface area contributed by atoms with E-state index in [9.17, 15) is 0 Å². The first kappa shape index (κ1) is 18.7. The van der Waals surface area contributed by atoms with Crippen LogP contribution in [-0.2, 0) is 0 Å². The van der Waals surface area contributed by atoms with Crippen LogP contribution in [0.25, 0.3) is 21.3 Å². The second kappa shape index (κ2) is 7.82. The molecule has 0 aliphatic carbocycles. The van der Waals surface area contributed by atoms with E-state index < -0.39 is 0 Å². The Hall–Kier alpha value is -2.34. The van der Waals surface area contributed by atoms with Crippen LogP contribution in [0, 0.1) is 0 Å². The van der Waals surface area contributed by atoms with Crippen LogP contribution in [0.15, 0.2) is 60.2 Å². The number of halogens is 2. The van der Waals surface area contributed by atoms with E-state index >= 15 is 0 Å². The summed E-state index contributed by atoms with van der Waals surface area (Å²) in [7, 11) is 0. The molecule has 5 rings (SSSR count). The molecule has 0 atom stereocenters. The number of fused-ring (bicyclic) bond motifs is 1. The first-order valence-corrected chi connectivity index (χ1v) is 11.1. The lowest BCUT2D eigenvalue weighted by Crippen LogP contribution is -2.46. The maximum Gasteiger partial charge on any atom is 0.141 e. The summed E-state index contributed by atoms with van der Waals surface area (Å²) in [6.45, 7) is 3.64. The Bertz CT molecular complexity index is 1150. The standard InChI is InChI=1S/C22H18Cl2N4S/c23-16-6-4-15(5-7-16)19-13-29-22-20(19)21(25-14-26-22)28-10-8-27(9-11-28)18-3-1-2-17(24)12-18/h1-7,12-14H,8-11H2. The van der Waals surface area contributed by atoms with Crippen LogP contribution >= 0.6 is 34.5 Å². The molecule has 0 amide bonds. The molecule has 1 fully saturated rings. The van der Waals surface area contributed by atoms with E-state index in [4.69, 9.17) is 23.2 Å². The second-order valence-corrected chi connectivity index (χ2v) is 8.72. The normalized spacial score (nSPS) is 14.6. The lowest BCUT2D eigenvalue weighted by molar-refractivity contribution is 0.649. The van der Waals surface area contributed by atoms with E-state index in [-0.39, 0.29) is 0 Å². The first-order valence-electron chi connectivity index (χ1n) is 9.42. The molecule has 0 radical (unpaired) electrons. The molecule has 1 aliphatic heterocycles. The number of hydrogen-bond acceptors (Lipinski definition) is 5. The van der Waals surface area contributed by atoms with E-state index in [1.165, 1.54) is 5.69 Å². The van der Waals surface area contributed by atoms with Crippen molar-refractivity contribution >= 4 is 56.3 Å². The van der Waals surface area contributed by atoms with Gasteiger partial charge in [-0.25, -0.2) is 9.97 Å². The zero-order valence-corrected chi connectivity index (χ0v) is 17.9. The molecule has 2 aromatic carbocycles. The van der Waals surface area contributed by atoms with E-state index in [1.54, 1.807) is 17.7 Å². The Labute approximate surface area is 183 Å². The first-order chi connectivity index (χ1) is 14.2. The van der Waals surface area contributed by atoms with Crippen LogP contribution in [0.1, 0.15) is 0 Å². The predicted octanol–water partition coefficient (Wildman–Crippen LogP) is 5.99. The van der Waals surface area contributed by atoms with E-state index in [1.807, 2.05) is 30.3 Å². The highest BCUT2D eigenvalue weighted by molar-refractivity contribution is 7.17. The molecule has 29 heavy (non-hydrogen) atoms. The highest BCUT2D eigenvalue weighted by Crippen LogP contribution is 2.38. The Morgan fingerprint density at radius 3 is 2.34 bits per heavy atom. The number of rotatable bonds is 3. The smallest absolute Gasteiger partial charge is 0.141 e. The Morgan fingerprint density at radius 1 is 0.828 bits per heavy atom. The van der Waals surface area contributed by atoms with Crippen LogP contribution < -0.4 is 9.80 Å². The Morgan fingerprint density at radius 2 is 1.59 bits per heavy atom. The van der Waals surface area contributed by atoms with Gasteiger partial charge >= 0.3 is 0 Å². The van der Waals surface area contributed by atoms with Crippen LogP contribution in [0.5, 0.6) is 0 Å². The van der Waals surface area contributed by atoms with Crippen molar-refractivity contribution in [3.8, 4) is 11.1 Å². The molecule has 0 saturated carbocycles. The Kier molecular flexibility index (Phi) is 5.04. The largest absolute Gasteiger partial charge is 0.368 e. The maximum atomic E-state index is 6.17. The molecule has 7 heteroatoms. The third-order valence-electron chi connectivity index (χ3n) is 5.26. The number of anilines is 2. The molecule has 0 N–H and O–H groups in total. The van der Waals surface area contributed by atoms with Crippen molar-refractivity contribution in [1.29, 1.82) is 0 Å². The zero-order valence-electron chi connectivity index (χ0n) is 15.6. The van der Waals surface area contributed by atoms with Crippen molar-refractivity contribution < 1.29 is 0 Å². The van der Waals surface area contributed by atoms with Crippen molar-refractivity contribution in [2.75, 3.05) is 36.0 Å². The summed E-state index contributed by atoms with van der Waals surface area (Å²) in [5, 5.41) is 4.79. The Balaban J connectivity index is 1.45. The second-order valence-electron chi connectivity index (χ2n) is 6.99. The van der Waals surface area contributed by atoms with Gasteiger partial charge in [-0.1, -0.05) is 41.4 Å². The third kappa shape index (κ3) is 3.66. The summed E-state index contributed by atoms with van der Waals surface area (Å²) in [6.07, 6.45) is 1.67. The molecule has 4 nitrogen and oxygen atoms in total. The van der Waals surface area contributed by atoms with Gasteiger partial charge in [0.1, 0.15) is 17.0 Å². The third-order valence-corrected chi connectivity index (χ3v) is 6.63. The van der Waals surface area contributed by atoms with Gasteiger partial charge in [-0.2, -0.15) is 0 Å². The quantitative estimate of drug-likeness (QED) is 0.391. The number of hydrogen-bond donors (Lipinski definition) is 0. The molecule has 1 saturated heterocycles. The van der Waals surface area contributed by atoms with Gasteiger partial charge in [-0.05, 0) is 35.9 Å². The van der Waals surface area contributed by atoms with E-state index in [0.717, 1.165) is 63.4 Å². The van der Waals surface area contributed by atoms with Gasteiger partial charge in [0.2, 0.25) is 0 Å².